The van der Waals surface area contributed by atoms with Gasteiger partial charge in [0.2, 0.25) is 5.91 Å². The van der Waals surface area contributed by atoms with Crippen LogP contribution in [0, 0.1) is 0 Å². The monoisotopic (exact) mass is 382 g/mol. The van der Waals surface area contributed by atoms with E-state index in [1.54, 1.807) is 0 Å². The minimum atomic E-state index is -0.270. The molecule has 0 radical (unpaired) electrons. The molecule has 6 nitrogen and oxygen atoms in total. The van der Waals surface area contributed by atoms with Crippen LogP contribution in [-0.4, -0.2) is 54.7 Å². The molecule has 9 heteroatoms. The van der Waals surface area contributed by atoms with Gasteiger partial charge in [-0.3, -0.25) is 9.69 Å². The summed E-state index contributed by atoms with van der Waals surface area (Å²) in [5.41, 5.74) is 1.05. The maximum Gasteiger partial charge on any atom is 0.245 e. The Hall–Kier alpha value is -0.440. The molecule has 1 aromatic heterocycles. The smallest absolute Gasteiger partial charge is 0.245 e. The Morgan fingerprint density at radius 1 is 1.39 bits per heavy atom. The molecule has 3 heterocycles. The van der Waals surface area contributed by atoms with E-state index in [-0.39, 0.29) is 36.8 Å². The van der Waals surface area contributed by atoms with Crippen molar-refractivity contribution in [2.24, 2.45) is 0 Å². The van der Waals surface area contributed by atoms with Crippen LogP contribution >= 0.6 is 36.2 Å². The summed E-state index contributed by atoms with van der Waals surface area (Å²) in [5, 5.41) is 8.74. The molecule has 0 bridgehead atoms. The van der Waals surface area contributed by atoms with Gasteiger partial charge >= 0.3 is 0 Å². The highest BCUT2D eigenvalue weighted by Crippen LogP contribution is 2.19. The van der Waals surface area contributed by atoms with E-state index in [0.29, 0.717) is 18.3 Å². The quantitative estimate of drug-likeness (QED) is 0.832. The zero-order valence-electron chi connectivity index (χ0n) is 13.0. The summed E-state index contributed by atoms with van der Waals surface area (Å²) < 4.78 is 5.30. The Labute approximate surface area is 153 Å². The predicted molar refractivity (Wildman–Crippen MR) is 97.0 cm³/mol. The van der Waals surface area contributed by atoms with E-state index in [4.69, 9.17) is 4.74 Å². The topological polar surface area (TPSA) is 66.5 Å². The Bertz CT molecular complexity index is 477. The van der Waals surface area contributed by atoms with Crippen molar-refractivity contribution in [3.8, 4) is 0 Å². The third-order valence-corrected chi connectivity index (χ3v) is 4.66. The highest BCUT2D eigenvalue weighted by molar-refractivity contribution is 7.13. The Kier molecular flexibility index (Phi) is 9.34. The maximum absolute atomic E-state index is 12.1. The van der Waals surface area contributed by atoms with E-state index in [9.17, 15) is 4.79 Å². The fraction of sp³-hybridized carbons (Fsp3) is 0.714. The number of hydrogen-bond acceptors (Lipinski definition) is 6. The standard InChI is InChI=1S/C14H22N4O2S.2ClH/c19-13(12-9-20-7-4-15-12)17-14-16-11(10-21-14)8-18-5-2-1-3-6-18;;/h10,12,15H,1-9H2,(H,16,17,19);2*1H. The predicted octanol–water partition coefficient (Wildman–Crippen LogP) is 1.90. The molecule has 23 heavy (non-hydrogen) atoms. The second kappa shape index (κ2) is 10.4. The van der Waals surface area contributed by atoms with E-state index in [1.165, 1.54) is 30.6 Å². The van der Waals surface area contributed by atoms with Crippen molar-refractivity contribution in [1.82, 2.24) is 15.2 Å². The molecule has 3 rings (SSSR count). The molecule has 1 atom stereocenters. The number of carbonyl (C=O) groups is 1. The number of rotatable bonds is 4. The van der Waals surface area contributed by atoms with Gasteiger partial charge in [0.25, 0.3) is 0 Å². The SMILES string of the molecule is Cl.Cl.O=C(Nc1nc(CN2CCCCC2)cs1)C1COCCN1. The summed E-state index contributed by atoms with van der Waals surface area (Å²) in [4.78, 5) is 19.0. The molecule has 132 valence electrons. The van der Waals surface area contributed by atoms with E-state index in [2.05, 4.69) is 20.5 Å². The van der Waals surface area contributed by atoms with E-state index in [0.717, 1.165) is 31.9 Å². The van der Waals surface area contributed by atoms with Crippen molar-refractivity contribution in [2.75, 3.05) is 38.2 Å². The van der Waals surface area contributed by atoms with Crippen molar-refractivity contribution in [2.45, 2.75) is 31.8 Å². The first kappa shape index (κ1) is 20.6. The zero-order chi connectivity index (χ0) is 14.5. The van der Waals surface area contributed by atoms with Gasteiger partial charge in [-0.2, -0.15) is 0 Å². The van der Waals surface area contributed by atoms with Gasteiger partial charge < -0.3 is 15.4 Å². The van der Waals surface area contributed by atoms with Crippen LogP contribution in [-0.2, 0) is 16.1 Å². The van der Waals surface area contributed by atoms with E-state index < -0.39 is 0 Å². The van der Waals surface area contributed by atoms with Gasteiger partial charge in [0.1, 0.15) is 6.04 Å². The molecule has 2 fully saturated rings. The fourth-order valence-electron chi connectivity index (χ4n) is 2.71. The van der Waals surface area contributed by atoms with Gasteiger partial charge in [0, 0.05) is 18.5 Å². The van der Waals surface area contributed by atoms with Gasteiger partial charge in [0.15, 0.2) is 5.13 Å². The number of hydrogen-bond donors (Lipinski definition) is 2. The zero-order valence-corrected chi connectivity index (χ0v) is 15.4. The first-order chi connectivity index (χ1) is 10.3. The number of aromatic nitrogens is 1. The number of anilines is 1. The molecule has 1 unspecified atom stereocenters. The summed E-state index contributed by atoms with van der Waals surface area (Å²) in [7, 11) is 0. The molecule has 0 saturated carbocycles. The van der Waals surface area contributed by atoms with Crippen LogP contribution in [0.1, 0.15) is 25.0 Å². The second-order valence-corrected chi connectivity index (χ2v) is 6.41. The van der Waals surface area contributed by atoms with Crippen molar-refractivity contribution in [1.29, 1.82) is 0 Å². The summed E-state index contributed by atoms with van der Waals surface area (Å²) in [6.07, 6.45) is 3.90. The van der Waals surface area contributed by atoms with Crippen LogP contribution in [0.2, 0.25) is 0 Å². The van der Waals surface area contributed by atoms with Crippen molar-refractivity contribution < 1.29 is 9.53 Å². The Morgan fingerprint density at radius 2 is 2.17 bits per heavy atom. The number of nitrogens with one attached hydrogen (secondary N) is 2. The number of amides is 1. The van der Waals surface area contributed by atoms with Gasteiger partial charge in [-0.15, -0.1) is 36.2 Å². The number of morpholine rings is 1. The number of likely N-dealkylation sites (tertiary alicyclic amines) is 1. The number of ether oxygens (including phenoxy) is 1. The molecule has 2 aliphatic heterocycles. The van der Waals surface area contributed by atoms with Crippen LogP contribution in [0.3, 0.4) is 0 Å². The molecule has 0 spiro atoms. The first-order valence-corrected chi connectivity index (χ1v) is 8.48. The lowest BCUT2D eigenvalue weighted by atomic mass is 10.1. The lowest BCUT2D eigenvalue weighted by Crippen LogP contribution is -2.48. The van der Waals surface area contributed by atoms with Gasteiger partial charge in [0.05, 0.1) is 18.9 Å². The van der Waals surface area contributed by atoms with Crippen LogP contribution in [0.4, 0.5) is 5.13 Å². The molecule has 2 saturated heterocycles. The van der Waals surface area contributed by atoms with E-state index in [1.807, 2.05) is 5.38 Å². The summed E-state index contributed by atoms with van der Waals surface area (Å²) in [6, 6.07) is -0.270. The van der Waals surface area contributed by atoms with Crippen molar-refractivity contribution >= 4 is 47.2 Å². The highest BCUT2D eigenvalue weighted by Gasteiger charge is 2.22. The number of carbonyl (C=O) groups excluding carboxylic acids is 1. The normalized spacial score (nSPS) is 21.8. The molecule has 2 aliphatic rings. The lowest BCUT2D eigenvalue weighted by Gasteiger charge is -2.25. The number of thiazole rings is 1. The third-order valence-electron chi connectivity index (χ3n) is 3.85. The number of piperidine rings is 1. The lowest BCUT2D eigenvalue weighted by molar-refractivity contribution is -0.120. The molecule has 2 N–H and O–H groups in total. The average Bonchev–Trinajstić information content (AvgIpc) is 2.96. The van der Waals surface area contributed by atoms with Gasteiger partial charge in [-0.1, -0.05) is 6.42 Å². The largest absolute Gasteiger partial charge is 0.378 e. The molecular formula is C14H24Cl2N4O2S. The summed E-state index contributed by atoms with van der Waals surface area (Å²) in [6.45, 7) is 5.01. The summed E-state index contributed by atoms with van der Waals surface area (Å²) in [5.74, 6) is -0.0615. The molecular weight excluding hydrogens is 359 g/mol. The highest BCUT2D eigenvalue weighted by atomic mass is 35.5. The van der Waals surface area contributed by atoms with Crippen LogP contribution < -0.4 is 10.6 Å². The van der Waals surface area contributed by atoms with Crippen LogP contribution in [0.15, 0.2) is 5.38 Å². The second-order valence-electron chi connectivity index (χ2n) is 5.55. The molecule has 0 aliphatic carbocycles. The molecule has 1 amide bonds. The Balaban J connectivity index is 0.00000132. The van der Waals surface area contributed by atoms with Crippen LogP contribution in [0.5, 0.6) is 0 Å². The molecule has 0 aromatic carbocycles. The fourth-order valence-corrected chi connectivity index (χ4v) is 3.41. The van der Waals surface area contributed by atoms with Crippen molar-refractivity contribution in [3.05, 3.63) is 11.1 Å². The first-order valence-electron chi connectivity index (χ1n) is 7.60. The molecule has 1 aromatic rings. The third kappa shape index (κ3) is 6.17. The maximum atomic E-state index is 12.1. The average molecular weight is 383 g/mol. The number of nitrogens with zero attached hydrogens (tertiary/aromatic N) is 2. The minimum Gasteiger partial charge on any atom is -0.378 e. The number of halogens is 2. The van der Waals surface area contributed by atoms with Gasteiger partial charge in [-0.05, 0) is 25.9 Å². The minimum absolute atomic E-state index is 0. The summed E-state index contributed by atoms with van der Waals surface area (Å²) >= 11 is 1.49. The van der Waals surface area contributed by atoms with E-state index >= 15 is 0 Å². The van der Waals surface area contributed by atoms with Crippen LogP contribution in [0.25, 0.3) is 0 Å². The van der Waals surface area contributed by atoms with Gasteiger partial charge in [-0.25, -0.2) is 4.98 Å². The Morgan fingerprint density at radius 3 is 2.87 bits per heavy atom. The van der Waals surface area contributed by atoms with Crippen molar-refractivity contribution in [3.63, 3.8) is 0 Å².